The van der Waals surface area contributed by atoms with Crippen molar-refractivity contribution in [3.63, 3.8) is 0 Å². The third-order valence-corrected chi connectivity index (χ3v) is 8.05. The lowest BCUT2D eigenvalue weighted by Crippen LogP contribution is -2.39. The van der Waals surface area contributed by atoms with Crippen molar-refractivity contribution in [3.05, 3.63) is 53.9 Å². The van der Waals surface area contributed by atoms with Crippen LogP contribution in [0.2, 0.25) is 0 Å². The van der Waals surface area contributed by atoms with Gasteiger partial charge in [0.1, 0.15) is 0 Å². The van der Waals surface area contributed by atoms with Crippen molar-refractivity contribution < 1.29 is 22.4 Å². The first-order valence-electron chi connectivity index (χ1n) is 11.3. The molecule has 1 saturated heterocycles. The molecule has 1 aliphatic heterocycles. The maximum absolute atomic E-state index is 13.3. The molecule has 0 N–H and O–H groups in total. The molecule has 0 bridgehead atoms. The zero-order valence-electron chi connectivity index (χ0n) is 20.2. The second-order valence-corrected chi connectivity index (χ2v) is 11.4. The van der Waals surface area contributed by atoms with Crippen LogP contribution in [0.15, 0.2) is 51.9 Å². The Morgan fingerprint density at radius 1 is 1.03 bits per heavy atom. The Labute approximate surface area is 200 Å². The number of sulfonamides is 1. The minimum absolute atomic E-state index is 0.0396. The zero-order chi connectivity index (χ0) is 24.5. The van der Waals surface area contributed by atoms with Crippen LogP contribution in [-0.4, -0.2) is 50.2 Å². The van der Waals surface area contributed by atoms with Gasteiger partial charge in [-0.1, -0.05) is 38.1 Å². The monoisotopic (exact) mass is 485 g/mol. The van der Waals surface area contributed by atoms with Gasteiger partial charge in [-0.25, -0.2) is 8.42 Å². The van der Waals surface area contributed by atoms with Crippen molar-refractivity contribution in [3.8, 4) is 22.9 Å². The molecule has 1 fully saturated rings. The lowest BCUT2D eigenvalue weighted by molar-refractivity contribution is 0.265. The Hall–Kier alpha value is -2.91. The van der Waals surface area contributed by atoms with Gasteiger partial charge >= 0.3 is 0 Å². The summed E-state index contributed by atoms with van der Waals surface area (Å²) >= 11 is 0. The standard InChI is InChI=1S/C25H31N3O5S/c1-25(2,3)19-9-11-20(12-10-19)34(29,30)28-14-6-7-18(16-28)24-26-23(27-33-24)17-8-13-21(31-4)22(15-17)32-5/h8-13,15,18H,6-7,14,16H2,1-5H3/t18-/m1/s1. The number of piperidine rings is 1. The summed E-state index contributed by atoms with van der Waals surface area (Å²) in [6, 6.07) is 12.6. The van der Waals surface area contributed by atoms with Crippen LogP contribution in [0.5, 0.6) is 11.5 Å². The second kappa shape index (κ2) is 9.38. The van der Waals surface area contributed by atoms with Gasteiger partial charge in [0.2, 0.25) is 21.7 Å². The van der Waals surface area contributed by atoms with Gasteiger partial charge in [-0.2, -0.15) is 9.29 Å². The molecule has 1 atom stereocenters. The fourth-order valence-corrected chi connectivity index (χ4v) is 5.66. The average molecular weight is 486 g/mol. The van der Waals surface area contributed by atoms with Gasteiger partial charge in [0.15, 0.2) is 11.5 Å². The van der Waals surface area contributed by atoms with E-state index >= 15 is 0 Å². The first kappa shape index (κ1) is 24.2. The fraction of sp³-hybridized carbons (Fsp3) is 0.440. The number of aromatic nitrogens is 2. The van der Waals surface area contributed by atoms with E-state index in [1.165, 1.54) is 4.31 Å². The van der Waals surface area contributed by atoms with Crippen LogP contribution in [0.3, 0.4) is 0 Å². The Balaban J connectivity index is 1.53. The van der Waals surface area contributed by atoms with Crippen molar-refractivity contribution in [2.24, 2.45) is 0 Å². The molecule has 2 aromatic carbocycles. The number of nitrogens with zero attached hydrogens (tertiary/aromatic N) is 3. The maximum Gasteiger partial charge on any atom is 0.243 e. The molecule has 4 rings (SSSR count). The predicted octanol–water partition coefficient (Wildman–Crippen LogP) is 4.62. The van der Waals surface area contributed by atoms with Gasteiger partial charge in [-0.05, 0) is 54.2 Å². The van der Waals surface area contributed by atoms with E-state index in [0.29, 0.717) is 41.2 Å². The molecule has 1 aromatic heterocycles. The van der Waals surface area contributed by atoms with E-state index in [1.54, 1.807) is 38.5 Å². The minimum Gasteiger partial charge on any atom is -0.493 e. The highest BCUT2D eigenvalue weighted by atomic mass is 32.2. The average Bonchev–Trinajstić information content (AvgIpc) is 3.33. The molecule has 9 heteroatoms. The fourth-order valence-electron chi connectivity index (χ4n) is 4.13. The lowest BCUT2D eigenvalue weighted by atomic mass is 9.87. The molecule has 0 radical (unpaired) electrons. The minimum atomic E-state index is -3.61. The molecular weight excluding hydrogens is 454 g/mol. The van der Waals surface area contributed by atoms with E-state index < -0.39 is 10.0 Å². The van der Waals surface area contributed by atoms with Crippen LogP contribution in [0.1, 0.15) is 51.0 Å². The molecule has 0 spiro atoms. The smallest absolute Gasteiger partial charge is 0.243 e. The van der Waals surface area contributed by atoms with Crippen LogP contribution in [0.4, 0.5) is 0 Å². The Kier molecular flexibility index (Phi) is 6.69. The molecule has 34 heavy (non-hydrogen) atoms. The zero-order valence-corrected chi connectivity index (χ0v) is 21.1. The largest absolute Gasteiger partial charge is 0.493 e. The van der Waals surface area contributed by atoms with E-state index in [4.69, 9.17) is 14.0 Å². The lowest BCUT2D eigenvalue weighted by Gasteiger charge is -2.30. The van der Waals surface area contributed by atoms with Gasteiger partial charge in [0.25, 0.3) is 0 Å². The van der Waals surface area contributed by atoms with E-state index in [0.717, 1.165) is 24.0 Å². The number of hydrogen-bond donors (Lipinski definition) is 0. The van der Waals surface area contributed by atoms with Crippen LogP contribution >= 0.6 is 0 Å². The quantitative estimate of drug-likeness (QED) is 0.503. The number of methoxy groups -OCH3 is 2. The number of ether oxygens (including phenoxy) is 2. The highest BCUT2D eigenvalue weighted by Crippen LogP contribution is 2.34. The highest BCUT2D eigenvalue weighted by molar-refractivity contribution is 7.89. The summed E-state index contributed by atoms with van der Waals surface area (Å²) in [7, 11) is -0.473. The van der Waals surface area contributed by atoms with Crippen molar-refractivity contribution in [1.82, 2.24) is 14.4 Å². The van der Waals surface area contributed by atoms with E-state index in [-0.39, 0.29) is 11.3 Å². The van der Waals surface area contributed by atoms with Crippen molar-refractivity contribution in [2.75, 3.05) is 27.3 Å². The summed E-state index contributed by atoms with van der Waals surface area (Å²) in [5.41, 5.74) is 1.78. The van der Waals surface area contributed by atoms with Crippen LogP contribution < -0.4 is 9.47 Å². The molecule has 0 amide bonds. The molecule has 3 aromatic rings. The molecule has 182 valence electrons. The Morgan fingerprint density at radius 2 is 1.74 bits per heavy atom. The molecular formula is C25H31N3O5S. The summed E-state index contributed by atoms with van der Waals surface area (Å²) in [5.74, 6) is 1.87. The summed E-state index contributed by atoms with van der Waals surface area (Å²) in [4.78, 5) is 4.87. The third-order valence-electron chi connectivity index (χ3n) is 6.17. The maximum atomic E-state index is 13.3. The topological polar surface area (TPSA) is 94.8 Å². The summed E-state index contributed by atoms with van der Waals surface area (Å²) < 4.78 is 44.3. The molecule has 0 saturated carbocycles. The van der Waals surface area contributed by atoms with Crippen LogP contribution in [-0.2, 0) is 15.4 Å². The third kappa shape index (κ3) is 4.81. The number of benzene rings is 2. The van der Waals surface area contributed by atoms with Crippen molar-refractivity contribution in [2.45, 2.75) is 49.8 Å². The van der Waals surface area contributed by atoms with Gasteiger partial charge in [-0.15, -0.1) is 0 Å². The van der Waals surface area contributed by atoms with Gasteiger partial charge in [-0.3, -0.25) is 0 Å². The summed E-state index contributed by atoms with van der Waals surface area (Å²) in [6.07, 6.45) is 1.50. The van der Waals surface area contributed by atoms with Crippen molar-refractivity contribution >= 4 is 10.0 Å². The molecule has 8 nitrogen and oxygen atoms in total. The number of hydrogen-bond acceptors (Lipinski definition) is 7. The van der Waals surface area contributed by atoms with E-state index in [9.17, 15) is 8.42 Å². The second-order valence-electron chi connectivity index (χ2n) is 9.50. The molecule has 1 aliphatic rings. The van der Waals surface area contributed by atoms with Gasteiger partial charge in [0.05, 0.1) is 25.0 Å². The normalized spacial score (nSPS) is 17.5. The molecule has 0 aliphatic carbocycles. The number of rotatable bonds is 6. The van der Waals surface area contributed by atoms with Gasteiger partial charge < -0.3 is 14.0 Å². The summed E-state index contributed by atoms with van der Waals surface area (Å²) in [5, 5.41) is 4.12. The SMILES string of the molecule is COc1ccc(-c2noc([C@@H]3CCCN(S(=O)(=O)c4ccc(C(C)(C)C)cc4)C3)n2)cc1OC. The van der Waals surface area contributed by atoms with Crippen molar-refractivity contribution in [1.29, 1.82) is 0 Å². The highest BCUT2D eigenvalue weighted by Gasteiger charge is 2.33. The summed E-state index contributed by atoms with van der Waals surface area (Å²) in [6.45, 7) is 7.08. The van der Waals surface area contributed by atoms with Crippen LogP contribution in [0, 0.1) is 0 Å². The van der Waals surface area contributed by atoms with E-state index in [2.05, 4.69) is 30.9 Å². The first-order valence-corrected chi connectivity index (χ1v) is 12.7. The Morgan fingerprint density at radius 3 is 2.38 bits per heavy atom. The first-order chi connectivity index (χ1) is 16.1. The molecule has 2 heterocycles. The van der Waals surface area contributed by atoms with E-state index in [1.807, 2.05) is 18.2 Å². The van der Waals surface area contributed by atoms with Crippen LogP contribution in [0.25, 0.3) is 11.4 Å². The van der Waals surface area contributed by atoms with Gasteiger partial charge in [0, 0.05) is 18.7 Å². The Bertz CT molecular complexity index is 1250. The predicted molar refractivity (Wildman–Crippen MR) is 129 cm³/mol. The molecule has 0 unspecified atom stereocenters.